The molecule has 0 spiro atoms. The topological polar surface area (TPSA) is 100 Å². The summed E-state index contributed by atoms with van der Waals surface area (Å²) in [7, 11) is 4.33. The molecule has 0 radical (unpaired) electrons. The molecule has 0 bridgehead atoms. The Labute approximate surface area is 168 Å². The third kappa shape index (κ3) is 6.39. The molecule has 0 unspecified atom stereocenters. The van der Waals surface area contributed by atoms with E-state index in [0.29, 0.717) is 28.3 Å². The number of esters is 2. The molecule has 0 heterocycles. The van der Waals surface area contributed by atoms with Crippen LogP contribution in [-0.2, 0) is 19.1 Å². The quantitative estimate of drug-likeness (QED) is 0.538. The summed E-state index contributed by atoms with van der Waals surface area (Å²) in [5, 5.41) is 2.56. The molecule has 29 heavy (non-hydrogen) atoms. The van der Waals surface area contributed by atoms with Crippen molar-refractivity contribution >= 4 is 29.6 Å². The van der Waals surface area contributed by atoms with Crippen LogP contribution in [0.25, 0.3) is 6.08 Å². The summed E-state index contributed by atoms with van der Waals surface area (Å²) in [6.07, 6.45) is 2.70. The molecule has 1 amide bonds. The number of hydrogen-bond acceptors (Lipinski definition) is 7. The van der Waals surface area contributed by atoms with Crippen molar-refractivity contribution in [1.82, 2.24) is 0 Å². The first-order valence-corrected chi connectivity index (χ1v) is 8.52. The zero-order valence-electron chi connectivity index (χ0n) is 16.3. The van der Waals surface area contributed by atoms with Crippen LogP contribution in [0.2, 0.25) is 0 Å². The van der Waals surface area contributed by atoms with Gasteiger partial charge in [0.15, 0.2) is 6.61 Å². The van der Waals surface area contributed by atoms with Gasteiger partial charge < -0.3 is 24.3 Å². The van der Waals surface area contributed by atoms with E-state index >= 15 is 0 Å². The number of carbonyl (C=O) groups excluding carboxylic acids is 3. The number of methoxy groups -OCH3 is 3. The SMILES string of the molecule is COC(=O)c1ccc(NC(=O)COC(=O)/C=C/c2cc(OC)ccc2OC)cc1. The standard InChI is InChI=1S/C21H21NO7/c1-26-17-9-10-18(27-2)15(12-17)6-11-20(24)29-13-19(23)22-16-7-4-14(5-8-16)21(25)28-3/h4-12H,13H2,1-3H3,(H,22,23)/b11-6+. The van der Waals surface area contributed by atoms with Gasteiger partial charge in [-0.15, -0.1) is 0 Å². The second-order valence-corrected chi connectivity index (χ2v) is 5.67. The van der Waals surface area contributed by atoms with E-state index in [1.807, 2.05) is 0 Å². The first-order chi connectivity index (χ1) is 14.0. The molecule has 0 aromatic heterocycles. The molecule has 0 saturated heterocycles. The van der Waals surface area contributed by atoms with Crippen LogP contribution in [0.3, 0.4) is 0 Å². The molecule has 0 aliphatic heterocycles. The van der Waals surface area contributed by atoms with Crippen molar-refractivity contribution in [2.24, 2.45) is 0 Å². The number of hydrogen-bond donors (Lipinski definition) is 1. The second kappa shape index (κ2) is 10.5. The molecule has 0 aliphatic rings. The molecule has 2 aromatic carbocycles. The monoisotopic (exact) mass is 399 g/mol. The summed E-state index contributed by atoms with van der Waals surface area (Å²) >= 11 is 0. The molecule has 0 atom stereocenters. The predicted molar refractivity (Wildman–Crippen MR) is 106 cm³/mol. The Kier molecular flexibility index (Phi) is 7.78. The van der Waals surface area contributed by atoms with Crippen molar-refractivity contribution in [3.05, 3.63) is 59.7 Å². The van der Waals surface area contributed by atoms with Gasteiger partial charge in [-0.1, -0.05) is 0 Å². The number of benzene rings is 2. The summed E-state index contributed by atoms with van der Waals surface area (Å²) in [6, 6.07) is 11.3. The average molecular weight is 399 g/mol. The van der Waals surface area contributed by atoms with Crippen LogP contribution < -0.4 is 14.8 Å². The molecular formula is C21H21NO7. The molecule has 0 aliphatic carbocycles. The fraction of sp³-hybridized carbons (Fsp3) is 0.190. The van der Waals surface area contributed by atoms with Gasteiger partial charge in [-0.3, -0.25) is 4.79 Å². The Morgan fingerprint density at radius 1 is 0.966 bits per heavy atom. The minimum absolute atomic E-state index is 0.357. The molecule has 0 fully saturated rings. The maximum absolute atomic E-state index is 11.9. The van der Waals surface area contributed by atoms with Crippen LogP contribution in [0.1, 0.15) is 15.9 Å². The smallest absolute Gasteiger partial charge is 0.337 e. The van der Waals surface area contributed by atoms with Crippen molar-refractivity contribution in [2.45, 2.75) is 0 Å². The number of anilines is 1. The fourth-order valence-corrected chi connectivity index (χ4v) is 2.32. The lowest BCUT2D eigenvalue weighted by atomic mass is 10.1. The van der Waals surface area contributed by atoms with Crippen molar-refractivity contribution in [3.8, 4) is 11.5 Å². The highest BCUT2D eigenvalue weighted by atomic mass is 16.5. The van der Waals surface area contributed by atoms with Crippen LogP contribution >= 0.6 is 0 Å². The van der Waals surface area contributed by atoms with Crippen molar-refractivity contribution in [2.75, 3.05) is 33.3 Å². The lowest BCUT2D eigenvalue weighted by Crippen LogP contribution is -2.20. The first kappa shape index (κ1) is 21.5. The van der Waals surface area contributed by atoms with E-state index in [0.717, 1.165) is 0 Å². The van der Waals surface area contributed by atoms with Gasteiger partial charge in [-0.25, -0.2) is 9.59 Å². The van der Waals surface area contributed by atoms with Crippen LogP contribution in [0.15, 0.2) is 48.5 Å². The summed E-state index contributed by atoms with van der Waals surface area (Å²) in [4.78, 5) is 35.2. The Balaban J connectivity index is 1.88. The summed E-state index contributed by atoms with van der Waals surface area (Å²) in [6.45, 7) is -0.461. The highest BCUT2D eigenvalue weighted by molar-refractivity contribution is 5.95. The number of carbonyl (C=O) groups is 3. The van der Waals surface area contributed by atoms with E-state index in [1.54, 1.807) is 30.3 Å². The Morgan fingerprint density at radius 2 is 1.69 bits per heavy atom. The minimum atomic E-state index is -0.689. The predicted octanol–water partition coefficient (Wildman–Crippen LogP) is 2.69. The molecule has 0 saturated carbocycles. The van der Waals surface area contributed by atoms with Crippen LogP contribution in [-0.4, -0.2) is 45.8 Å². The molecule has 2 rings (SSSR count). The zero-order valence-corrected chi connectivity index (χ0v) is 16.3. The normalized spacial score (nSPS) is 10.3. The highest BCUT2D eigenvalue weighted by Crippen LogP contribution is 2.25. The number of ether oxygens (including phenoxy) is 4. The summed E-state index contributed by atoms with van der Waals surface area (Å²) in [5.74, 6) is -0.516. The van der Waals surface area contributed by atoms with E-state index < -0.39 is 24.5 Å². The van der Waals surface area contributed by atoms with Crippen LogP contribution in [0.5, 0.6) is 11.5 Å². The Hall–Kier alpha value is -3.81. The van der Waals surface area contributed by atoms with E-state index in [9.17, 15) is 14.4 Å². The maximum Gasteiger partial charge on any atom is 0.337 e. The van der Waals surface area contributed by atoms with Crippen molar-refractivity contribution in [1.29, 1.82) is 0 Å². The summed E-state index contributed by atoms with van der Waals surface area (Å²) in [5.41, 5.74) is 1.43. The van der Waals surface area contributed by atoms with E-state index in [2.05, 4.69) is 10.1 Å². The Bertz CT molecular complexity index is 904. The molecule has 152 valence electrons. The van der Waals surface area contributed by atoms with E-state index in [4.69, 9.17) is 14.2 Å². The van der Waals surface area contributed by atoms with Gasteiger partial charge in [-0.05, 0) is 48.5 Å². The van der Waals surface area contributed by atoms with Gasteiger partial charge >= 0.3 is 11.9 Å². The lowest BCUT2D eigenvalue weighted by Gasteiger charge is -2.07. The Morgan fingerprint density at radius 3 is 2.31 bits per heavy atom. The molecule has 2 aromatic rings. The number of nitrogens with one attached hydrogen (secondary N) is 1. The maximum atomic E-state index is 11.9. The second-order valence-electron chi connectivity index (χ2n) is 5.67. The number of amides is 1. The average Bonchev–Trinajstić information content (AvgIpc) is 2.75. The molecule has 8 nitrogen and oxygen atoms in total. The van der Waals surface area contributed by atoms with Gasteiger partial charge in [0.1, 0.15) is 11.5 Å². The zero-order chi connectivity index (χ0) is 21.2. The highest BCUT2D eigenvalue weighted by Gasteiger charge is 2.09. The van der Waals surface area contributed by atoms with Crippen LogP contribution in [0.4, 0.5) is 5.69 Å². The molecular weight excluding hydrogens is 378 g/mol. The van der Waals surface area contributed by atoms with Crippen molar-refractivity contribution in [3.63, 3.8) is 0 Å². The number of rotatable bonds is 8. The van der Waals surface area contributed by atoms with Crippen LogP contribution in [0, 0.1) is 0 Å². The van der Waals surface area contributed by atoms with Gasteiger partial charge in [-0.2, -0.15) is 0 Å². The van der Waals surface area contributed by atoms with Gasteiger partial charge in [0.2, 0.25) is 0 Å². The van der Waals surface area contributed by atoms with Gasteiger partial charge in [0.25, 0.3) is 5.91 Å². The lowest BCUT2D eigenvalue weighted by molar-refractivity contribution is -0.142. The van der Waals surface area contributed by atoms with Crippen molar-refractivity contribution < 1.29 is 33.3 Å². The molecule has 8 heteroatoms. The first-order valence-electron chi connectivity index (χ1n) is 8.52. The van der Waals surface area contributed by atoms with E-state index in [1.165, 1.54) is 45.6 Å². The largest absolute Gasteiger partial charge is 0.497 e. The third-order valence-electron chi connectivity index (χ3n) is 3.77. The summed E-state index contributed by atoms with van der Waals surface area (Å²) < 4.78 is 19.9. The third-order valence-corrected chi connectivity index (χ3v) is 3.77. The van der Waals surface area contributed by atoms with Gasteiger partial charge in [0.05, 0.1) is 26.9 Å². The van der Waals surface area contributed by atoms with Gasteiger partial charge in [0, 0.05) is 17.3 Å². The minimum Gasteiger partial charge on any atom is -0.497 e. The molecule has 1 N–H and O–H groups in total. The fourth-order valence-electron chi connectivity index (χ4n) is 2.32. The van der Waals surface area contributed by atoms with E-state index in [-0.39, 0.29) is 0 Å².